The molecule has 0 saturated carbocycles. The van der Waals surface area contributed by atoms with Crippen molar-refractivity contribution < 1.29 is 13.5 Å². The van der Waals surface area contributed by atoms with E-state index < -0.39 is 17.7 Å². The number of hydrogen-bond acceptors (Lipinski definition) is 4. The van der Waals surface area contributed by atoms with Crippen molar-refractivity contribution in [2.75, 3.05) is 6.61 Å². The van der Waals surface area contributed by atoms with Gasteiger partial charge in [-0.05, 0) is 35.7 Å². The Kier molecular flexibility index (Phi) is 5.19. The number of nitrogens with two attached hydrogens (primary N) is 1. The molecule has 0 radical (unpaired) electrons. The van der Waals surface area contributed by atoms with E-state index in [1.165, 1.54) is 6.07 Å². The normalized spacial score (nSPS) is 12.2. The molecule has 0 fully saturated rings. The number of hydrogen-bond donors (Lipinski definition) is 2. The zero-order chi connectivity index (χ0) is 15.2. The Morgan fingerprint density at radius 3 is 2.67 bits per heavy atom. The molecule has 1 heterocycles. The van der Waals surface area contributed by atoms with E-state index in [9.17, 15) is 8.78 Å². The van der Waals surface area contributed by atoms with Crippen molar-refractivity contribution in [2.45, 2.75) is 19.4 Å². The maximum Gasteiger partial charge on any atom is 0.159 e. The van der Waals surface area contributed by atoms with Crippen LogP contribution in [-0.4, -0.2) is 11.6 Å². The van der Waals surface area contributed by atoms with Gasteiger partial charge in [0.1, 0.15) is 5.75 Å². The van der Waals surface area contributed by atoms with Crippen LogP contribution in [0.3, 0.4) is 0 Å². The summed E-state index contributed by atoms with van der Waals surface area (Å²) in [5.74, 6) is 4.34. The predicted molar refractivity (Wildman–Crippen MR) is 75.5 cm³/mol. The van der Waals surface area contributed by atoms with E-state index in [-0.39, 0.29) is 0 Å². The molecule has 3 N–H and O–H groups in total. The van der Waals surface area contributed by atoms with E-state index >= 15 is 0 Å². The second-order valence-corrected chi connectivity index (χ2v) is 4.58. The third kappa shape index (κ3) is 3.74. The molecule has 0 aliphatic heterocycles. The molecule has 0 aliphatic carbocycles. The van der Waals surface area contributed by atoms with Gasteiger partial charge in [-0.2, -0.15) is 0 Å². The van der Waals surface area contributed by atoms with Crippen molar-refractivity contribution in [2.24, 2.45) is 5.84 Å². The summed E-state index contributed by atoms with van der Waals surface area (Å²) >= 11 is 0. The third-order valence-corrected chi connectivity index (χ3v) is 2.98. The molecule has 112 valence electrons. The van der Waals surface area contributed by atoms with Gasteiger partial charge in [0, 0.05) is 6.20 Å². The Bertz CT molecular complexity index is 607. The summed E-state index contributed by atoms with van der Waals surface area (Å²) in [4.78, 5) is 4.08. The maximum atomic E-state index is 13.4. The highest BCUT2D eigenvalue weighted by molar-refractivity contribution is 5.34. The summed E-state index contributed by atoms with van der Waals surface area (Å²) in [6.07, 6.45) is 4.08. The Morgan fingerprint density at radius 1 is 1.19 bits per heavy atom. The van der Waals surface area contributed by atoms with Gasteiger partial charge in [0.05, 0.1) is 18.8 Å². The van der Waals surface area contributed by atoms with Gasteiger partial charge >= 0.3 is 0 Å². The lowest BCUT2D eigenvalue weighted by Crippen LogP contribution is -2.29. The highest BCUT2D eigenvalue weighted by atomic mass is 19.2. The number of ether oxygens (including phenoxy) is 1. The molecule has 0 saturated heterocycles. The minimum atomic E-state index is -0.918. The lowest BCUT2D eigenvalue weighted by molar-refractivity contribution is 0.315. The number of nitrogens with zero attached hydrogens (tertiary/aromatic N) is 1. The van der Waals surface area contributed by atoms with Crippen molar-refractivity contribution in [1.29, 1.82) is 0 Å². The van der Waals surface area contributed by atoms with Crippen LogP contribution in [0.25, 0.3) is 0 Å². The molecular weight excluding hydrogens is 276 g/mol. The summed E-state index contributed by atoms with van der Waals surface area (Å²) in [7, 11) is 0. The van der Waals surface area contributed by atoms with Crippen LogP contribution in [-0.2, 0) is 0 Å². The summed E-state index contributed by atoms with van der Waals surface area (Å²) in [5, 5.41) is 0. The van der Waals surface area contributed by atoms with Gasteiger partial charge in [-0.3, -0.25) is 10.8 Å². The molecule has 1 unspecified atom stereocenters. The molecule has 1 aromatic carbocycles. The molecule has 4 nitrogen and oxygen atoms in total. The van der Waals surface area contributed by atoms with E-state index in [1.54, 1.807) is 18.5 Å². The van der Waals surface area contributed by atoms with Crippen LogP contribution in [0.4, 0.5) is 8.78 Å². The molecule has 2 rings (SSSR count). The van der Waals surface area contributed by atoms with Gasteiger partial charge in [0.25, 0.3) is 0 Å². The molecule has 1 aromatic heterocycles. The fraction of sp³-hybridized carbons (Fsp3) is 0.267. The Balaban J connectivity index is 2.30. The first-order valence-electron chi connectivity index (χ1n) is 6.64. The predicted octanol–water partition coefficient (Wildman–Crippen LogP) is 2.70. The Labute approximate surface area is 121 Å². The number of pyridine rings is 1. The molecule has 0 amide bonds. The maximum absolute atomic E-state index is 13.4. The third-order valence-electron chi connectivity index (χ3n) is 2.98. The van der Waals surface area contributed by atoms with E-state index in [2.05, 4.69) is 10.4 Å². The summed E-state index contributed by atoms with van der Waals surface area (Å²) in [5.41, 5.74) is 3.79. The average molecular weight is 293 g/mol. The highest BCUT2D eigenvalue weighted by Crippen LogP contribution is 2.25. The molecule has 2 aromatic rings. The van der Waals surface area contributed by atoms with Crippen LogP contribution in [0, 0.1) is 11.6 Å². The summed E-state index contributed by atoms with van der Waals surface area (Å²) in [6.45, 7) is 2.58. The highest BCUT2D eigenvalue weighted by Gasteiger charge is 2.15. The van der Waals surface area contributed by atoms with Gasteiger partial charge in [-0.1, -0.05) is 13.0 Å². The molecular formula is C15H17F2N3O. The largest absolute Gasteiger partial charge is 0.492 e. The van der Waals surface area contributed by atoms with Crippen LogP contribution in [0.2, 0.25) is 0 Å². The lowest BCUT2D eigenvalue weighted by Gasteiger charge is -2.17. The number of aromatic nitrogens is 1. The first-order valence-corrected chi connectivity index (χ1v) is 6.64. The van der Waals surface area contributed by atoms with Crippen molar-refractivity contribution in [1.82, 2.24) is 10.4 Å². The zero-order valence-electron chi connectivity index (χ0n) is 11.6. The fourth-order valence-corrected chi connectivity index (χ4v) is 1.97. The topological polar surface area (TPSA) is 60.2 Å². The van der Waals surface area contributed by atoms with Crippen molar-refractivity contribution in [3.05, 3.63) is 59.4 Å². The number of halogens is 2. The van der Waals surface area contributed by atoms with Gasteiger partial charge in [-0.15, -0.1) is 0 Å². The van der Waals surface area contributed by atoms with Crippen molar-refractivity contribution in [3.8, 4) is 5.75 Å². The smallest absolute Gasteiger partial charge is 0.159 e. The van der Waals surface area contributed by atoms with Gasteiger partial charge in [0.2, 0.25) is 0 Å². The van der Waals surface area contributed by atoms with Crippen LogP contribution < -0.4 is 16.0 Å². The summed E-state index contributed by atoms with van der Waals surface area (Å²) < 4.78 is 31.9. The van der Waals surface area contributed by atoms with Crippen LogP contribution in [0.5, 0.6) is 5.75 Å². The Morgan fingerprint density at radius 2 is 2.00 bits per heavy atom. The molecule has 0 spiro atoms. The SMILES string of the molecule is CCCOc1cncc(C(NN)c2ccc(F)c(F)c2)c1. The standard InChI is InChI=1S/C15H17F2N3O/c1-2-5-21-12-6-11(8-19-9-12)15(20-18)10-3-4-13(16)14(17)7-10/h3-4,6-9,15,20H,2,5,18H2,1H3. The van der Waals surface area contributed by atoms with Crippen molar-refractivity contribution in [3.63, 3.8) is 0 Å². The second-order valence-electron chi connectivity index (χ2n) is 4.58. The minimum Gasteiger partial charge on any atom is -0.492 e. The number of hydrazine groups is 1. The first kappa shape index (κ1) is 15.3. The van der Waals surface area contributed by atoms with Gasteiger partial charge < -0.3 is 4.74 Å². The number of nitrogens with one attached hydrogen (secondary N) is 1. The first-order chi connectivity index (χ1) is 10.2. The molecule has 6 heteroatoms. The number of rotatable bonds is 6. The molecule has 21 heavy (non-hydrogen) atoms. The molecule has 1 atom stereocenters. The van der Waals surface area contributed by atoms with E-state index in [0.717, 1.165) is 18.6 Å². The van der Waals surface area contributed by atoms with E-state index in [4.69, 9.17) is 10.6 Å². The average Bonchev–Trinajstić information content (AvgIpc) is 2.50. The fourth-order valence-electron chi connectivity index (χ4n) is 1.97. The van der Waals surface area contributed by atoms with Crippen LogP contribution in [0.1, 0.15) is 30.5 Å². The van der Waals surface area contributed by atoms with Crippen LogP contribution >= 0.6 is 0 Å². The summed E-state index contributed by atoms with van der Waals surface area (Å²) in [6, 6.07) is 4.92. The molecule has 0 bridgehead atoms. The van der Waals surface area contributed by atoms with E-state index in [0.29, 0.717) is 23.5 Å². The minimum absolute atomic E-state index is 0.502. The monoisotopic (exact) mass is 293 g/mol. The van der Waals surface area contributed by atoms with Crippen LogP contribution in [0.15, 0.2) is 36.7 Å². The molecule has 0 aliphatic rings. The lowest BCUT2D eigenvalue weighted by atomic mass is 10.0. The number of benzene rings is 1. The zero-order valence-corrected chi connectivity index (χ0v) is 11.6. The second kappa shape index (κ2) is 7.10. The van der Waals surface area contributed by atoms with Gasteiger partial charge in [0.15, 0.2) is 11.6 Å². The quantitative estimate of drug-likeness (QED) is 0.635. The van der Waals surface area contributed by atoms with E-state index in [1.807, 2.05) is 6.92 Å². The van der Waals surface area contributed by atoms with Crippen molar-refractivity contribution >= 4 is 0 Å². The van der Waals surface area contributed by atoms with Gasteiger partial charge in [-0.25, -0.2) is 14.2 Å². The Hall–Kier alpha value is -2.05.